The van der Waals surface area contributed by atoms with Crippen molar-refractivity contribution in [2.75, 3.05) is 19.7 Å². The van der Waals surface area contributed by atoms with E-state index >= 15 is 0 Å². The summed E-state index contributed by atoms with van der Waals surface area (Å²) >= 11 is 0. The molecule has 0 aromatic heterocycles. The Kier molecular flexibility index (Phi) is 17.5. The summed E-state index contributed by atoms with van der Waals surface area (Å²) in [6.45, 7) is 4.11. The summed E-state index contributed by atoms with van der Waals surface area (Å²) in [6.07, 6.45) is 5.15. The van der Waals surface area contributed by atoms with Gasteiger partial charge in [0, 0.05) is 5.56 Å². The Morgan fingerprint density at radius 2 is 1.68 bits per heavy atom. The molecule has 1 atom stereocenters. The lowest BCUT2D eigenvalue weighted by Crippen LogP contribution is -2.30. The molecule has 0 aliphatic rings. The quantitative estimate of drug-likeness (QED) is 0.316. The highest BCUT2D eigenvalue weighted by Gasteiger charge is 2.08. The predicted molar refractivity (Wildman–Crippen MR) is 125 cm³/mol. The number of aliphatic carboxylic acids is 1. The number of ether oxygens (including phenoxy) is 1. The van der Waals surface area contributed by atoms with E-state index in [0.717, 1.165) is 44.4 Å². The second-order valence-corrected chi connectivity index (χ2v) is 6.79. The van der Waals surface area contributed by atoms with E-state index < -0.39 is 12.0 Å². The van der Waals surface area contributed by atoms with Gasteiger partial charge in [-0.05, 0) is 68.6 Å². The zero-order valence-electron chi connectivity index (χ0n) is 18.4. The Hall–Kier alpha value is -2.74. The molecule has 2 rings (SSSR count). The highest BCUT2D eigenvalue weighted by Crippen LogP contribution is 2.11. The van der Waals surface area contributed by atoms with Crippen molar-refractivity contribution in [1.29, 1.82) is 0 Å². The Balaban J connectivity index is 0.000000448. The summed E-state index contributed by atoms with van der Waals surface area (Å²) in [7, 11) is 0. The van der Waals surface area contributed by atoms with Gasteiger partial charge in [0.2, 0.25) is 0 Å². The molecule has 0 heterocycles. The van der Waals surface area contributed by atoms with Gasteiger partial charge < -0.3 is 27.0 Å². The van der Waals surface area contributed by atoms with Gasteiger partial charge in [-0.1, -0.05) is 43.7 Å². The van der Waals surface area contributed by atoms with E-state index in [4.69, 9.17) is 27.0 Å². The van der Waals surface area contributed by atoms with Crippen LogP contribution < -0.4 is 21.9 Å². The van der Waals surface area contributed by atoms with Gasteiger partial charge in [-0.2, -0.15) is 0 Å². The number of hydrogen-bond acceptors (Lipinski definition) is 6. The third-order valence-corrected chi connectivity index (χ3v) is 4.10. The van der Waals surface area contributed by atoms with Gasteiger partial charge in [-0.25, -0.2) is 0 Å². The second kappa shape index (κ2) is 19.2. The number of hydrogen-bond donors (Lipinski definition) is 4. The first-order valence-corrected chi connectivity index (χ1v) is 10.6. The number of nitrogens with two attached hydrogens (primary N) is 3. The molecule has 7 heteroatoms. The number of aldehydes is 1. The summed E-state index contributed by atoms with van der Waals surface area (Å²) in [5, 5.41) is 8.24. The van der Waals surface area contributed by atoms with Crippen molar-refractivity contribution in [1.82, 2.24) is 0 Å². The van der Waals surface area contributed by atoms with Crippen LogP contribution in [0.3, 0.4) is 0 Å². The average molecular weight is 432 g/mol. The van der Waals surface area contributed by atoms with E-state index in [2.05, 4.69) is 19.1 Å². The minimum atomic E-state index is -0.955. The summed E-state index contributed by atoms with van der Waals surface area (Å²) < 4.78 is 5.43. The maximum atomic E-state index is 10.3. The maximum Gasteiger partial charge on any atom is 0.320 e. The molecule has 2 aromatic rings. The van der Waals surface area contributed by atoms with Crippen LogP contribution in [0.1, 0.15) is 48.5 Å². The lowest BCUT2D eigenvalue weighted by atomic mass is 10.2. The van der Waals surface area contributed by atoms with Crippen LogP contribution in [-0.2, 0) is 11.2 Å². The molecule has 0 aliphatic heterocycles. The van der Waals surface area contributed by atoms with Crippen LogP contribution in [0, 0.1) is 0 Å². The molecule has 2 aromatic carbocycles. The molecule has 0 spiro atoms. The summed E-state index contributed by atoms with van der Waals surface area (Å²) in [4.78, 5) is 20.4. The molecule has 0 saturated carbocycles. The number of rotatable bonds is 11. The molecule has 31 heavy (non-hydrogen) atoms. The number of carbonyl (C=O) groups excluding carboxylic acids is 1. The topological polar surface area (TPSA) is 142 Å². The number of unbranched alkanes of at least 4 members (excludes halogenated alkanes) is 1. The van der Waals surface area contributed by atoms with Gasteiger partial charge in [0.25, 0.3) is 0 Å². The van der Waals surface area contributed by atoms with E-state index in [-0.39, 0.29) is 0 Å². The third-order valence-electron chi connectivity index (χ3n) is 4.10. The highest BCUT2D eigenvalue weighted by atomic mass is 16.5. The fourth-order valence-electron chi connectivity index (χ4n) is 2.25. The SMILES string of the molecule is CCCCOc1ccc(C=O)cc1.NCCCC(N)C(=O)O.NCCc1ccccc1. The minimum Gasteiger partial charge on any atom is -0.494 e. The van der Waals surface area contributed by atoms with Crippen molar-refractivity contribution in [3.63, 3.8) is 0 Å². The van der Waals surface area contributed by atoms with Crippen LogP contribution in [0.5, 0.6) is 5.75 Å². The van der Waals surface area contributed by atoms with E-state index in [1.54, 1.807) is 12.1 Å². The van der Waals surface area contributed by atoms with Crippen molar-refractivity contribution in [2.24, 2.45) is 17.2 Å². The van der Waals surface area contributed by atoms with Gasteiger partial charge in [0.05, 0.1) is 6.61 Å². The van der Waals surface area contributed by atoms with Crippen molar-refractivity contribution >= 4 is 12.3 Å². The van der Waals surface area contributed by atoms with E-state index in [0.29, 0.717) is 24.9 Å². The maximum absolute atomic E-state index is 10.3. The largest absolute Gasteiger partial charge is 0.494 e. The van der Waals surface area contributed by atoms with Crippen LogP contribution in [0.4, 0.5) is 0 Å². The number of benzene rings is 2. The minimum absolute atomic E-state index is 0.464. The summed E-state index contributed by atoms with van der Waals surface area (Å²) in [5.41, 5.74) is 17.6. The molecule has 7 nitrogen and oxygen atoms in total. The first kappa shape index (κ1) is 28.3. The van der Waals surface area contributed by atoms with Gasteiger partial charge in [0.1, 0.15) is 18.1 Å². The second-order valence-electron chi connectivity index (χ2n) is 6.79. The first-order chi connectivity index (χ1) is 15.0. The number of carboxylic acids is 1. The van der Waals surface area contributed by atoms with Crippen LogP contribution in [0.15, 0.2) is 54.6 Å². The van der Waals surface area contributed by atoms with Crippen molar-refractivity contribution in [3.05, 3.63) is 65.7 Å². The summed E-state index contributed by atoms with van der Waals surface area (Å²) in [5.74, 6) is -0.123. The molecule has 0 bridgehead atoms. The average Bonchev–Trinajstić information content (AvgIpc) is 2.80. The van der Waals surface area contributed by atoms with E-state index in [9.17, 15) is 9.59 Å². The molecule has 172 valence electrons. The molecular weight excluding hydrogens is 394 g/mol. The van der Waals surface area contributed by atoms with Crippen LogP contribution in [0.25, 0.3) is 0 Å². The van der Waals surface area contributed by atoms with Crippen LogP contribution >= 0.6 is 0 Å². The van der Waals surface area contributed by atoms with Crippen molar-refractivity contribution in [3.8, 4) is 5.75 Å². The number of carbonyl (C=O) groups is 2. The highest BCUT2D eigenvalue weighted by molar-refractivity contribution is 5.74. The first-order valence-electron chi connectivity index (χ1n) is 10.6. The Labute approximate surface area is 185 Å². The smallest absolute Gasteiger partial charge is 0.320 e. The van der Waals surface area contributed by atoms with Gasteiger partial charge in [-0.3, -0.25) is 9.59 Å². The lowest BCUT2D eigenvalue weighted by Gasteiger charge is -2.04. The third kappa shape index (κ3) is 15.7. The molecular formula is C24H37N3O4. The van der Waals surface area contributed by atoms with Crippen LogP contribution in [0.2, 0.25) is 0 Å². The summed E-state index contributed by atoms with van der Waals surface area (Å²) in [6, 6.07) is 16.7. The van der Waals surface area contributed by atoms with Crippen LogP contribution in [-0.4, -0.2) is 43.1 Å². The fourth-order valence-corrected chi connectivity index (χ4v) is 2.25. The van der Waals surface area contributed by atoms with E-state index in [1.165, 1.54) is 5.56 Å². The Morgan fingerprint density at radius 1 is 1.03 bits per heavy atom. The molecule has 0 amide bonds. The van der Waals surface area contributed by atoms with Gasteiger partial charge >= 0.3 is 5.97 Å². The molecule has 0 aliphatic carbocycles. The molecule has 0 saturated heterocycles. The normalized spacial score (nSPS) is 10.6. The van der Waals surface area contributed by atoms with Gasteiger partial charge in [-0.15, -0.1) is 0 Å². The zero-order chi connectivity index (χ0) is 23.3. The molecule has 0 fully saturated rings. The van der Waals surface area contributed by atoms with Crippen molar-refractivity contribution < 1.29 is 19.4 Å². The van der Waals surface area contributed by atoms with Gasteiger partial charge in [0.15, 0.2) is 0 Å². The fraction of sp³-hybridized carbons (Fsp3) is 0.417. The Morgan fingerprint density at radius 3 is 2.16 bits per heavy atom. The predicted octanol–water partition coefficient (Wildman–Crippen LogP) is 3.00. The zero-order valence-corrected chi connectivity index (χ0v) is 18.4. The Bertz CT molecular complexity index is 694. The monoisotopic (exact) mass is 431 g/mol. The molecule has 0 radical (unpaired) electrons. The molecule has 1 unspecified atom stereocenters. The van der Waals surface area contributed by atoms with E-state index in [1.807, 2.05) is 30.3 Å². The number of carboxylic acid groups (broad SMARTS) is 1. The molecule has 7 N–H and O–H groups in total. The lowest BCUT2D eigenvalue weighted by molar-refractivity contribution is -0.138. The van der Waals surface area contributed by atoms with Crippen molar-refractivity contribution in [2.45, 2.75) is 45.1 Å². The standard InChI is InChI=1S/C11H14O2.C8H11N.C5H12N2O2/c1-2-3-8-13-11-6-4-10(9-12)5-7-11;9-7-6-8-4-2-1-3-5-8;6-3-1-2-4(7)5(8)9/h4-7,9H,2-3,8H2,1H3;1-5H,6-7,9H2;4H,1-3,6-7H2,(H,8,9).